The van der Waals surface area contributed by atoms with E-state index in [1.807, 2.05) is 18.2 Å². The van der Waals surface area contributed by atoms with E-state index < -0.39 is 11.7 Å². The Bertz CT molecular complexity index is 1410. The average molecular weight is 575 g/mol. The van der Waals surface area contributed by atoms with Crippen LogP contribution in [0.15, 0.2) is 109 Å². The van der Waals surface area contributed by atoms with Crippen LogP contribution in [0, 0.1) is 0 Å². The van der Waals surface area contributed by atoms with Crippen molar-refractivity contribution in [1.29, 1.82) is 0 Å². The molecule has 0 radical (unpaired) electrons. The van der Waals surface area contributed by atoms with Crippen molar-refractivity contribution < 1.29 is 13.2 Å². The first kappa shape index (κ1) is 28.0. The van der Waals surface area contributed by atoms with E-state index in [1.54, 1.807) is 12.1 Å². The third-order valence-corrected chi connectivity index (χ3v) is 9.25. The highest BCUT2D eigenvalue weighted by molar-refractivity contribution is 6.30. The predicted molar refractivity (Wildman–Crippen MR) is 159 cm³/mol. The molecule has 2 heterocycles. The molecule has 0 spiro atoms. The molecular formula is C35H34ClF3N2. The lowest BCUT2D eigenvalue weighted by atomic mass is 9.76. The summed E-state index contributed by atoms with van der Waals surface area (Å²) in [5.74, 6) is 1.09. The van der Waals surface area contributed by atoms with Crippen LogP contribution in [-0.4, -0.2) is 36.2 Å². The van der Waals surface area contributed by atoms with Crippen molar-refractivity contribution in [3.05, 3.63) is 142 Å². The number of piperidine rings is 2. The van der Waals surface area contributed by atoms with E-state index in [9.17, 15) is 13.2 Å². The van der Waals surface area contributed by atoms with Gasteiger partial charge in [0.2, 0.25) is 0 Å². The zero-order valence-electron chi connectivity index (χ0n) is 22.9. The van der Waals surface area contributed by atoms with Crippen molar-refractivity contribution in [2.45, 2.75) is 42.7 Å². The van der Waals surface area contributed by atoms with E-state index >= 15 is 0 Å². The van der Waals surface area contributed by atoms with E-state index in [4.69, 9.17) is 11.6 Å². The summed E-state index contributed by atoms with van der Waals surface area (Å²) < 4.78 is 39.8. The van der Waals surface area contributed by atoms with E-state index in [0.717, 1.165) is 49.6 Å². The van der Waals surface area contributed by atoms with Crippen molar-refractivity contribution in [1.82, 2.24) is 10.0 Å². The van der Waals surface area contributed by atoms with E-state index in [1.165, 1.54) is 28.8 Å². The summed E-state index contributed by atoms with van der Waals surface area (Å²) in [7, 11) is 0. The highest BCUT2D eigenvalue weighted by Gasteiger charge is 2.38. The van der Waals surface area contributed by atoms with Crippen LogP contribution in [0.25, 0.3) is 0 Å². The summed E-state index contributed by atoms with van der Waals surface area (Å²) >= 11 is 6.21. The molecule has 4 aromatic carbocycles. The van der Waals surface area contributed by atoms with Gasteiger partial charge in [0.15, 0.2) is 0 Å². The van der Waals surface area contributed by atoms with Crippen LogP contribution in [0.2, 0.25) is 5.02 Å². The van der Waals surface area contributed by atoms with Gasteiger partial charge in [-0.1, -0.05) is 96.5 Å². The number of halogens is 4. The van der Waals surface area contributed by atoms with Gasteiger partial charge in [-0.25, -0.2) is 10.0 Å². The maximum Gasteiger partial charge on any atom is 0.416 e. The van der Waals surface area contributed by atoms with Crippen LogP contribution >= 0.6 is 11.6 Å². The van der Waals surface area contributed by atoms with Crippen LogP contribution in [0.1, 0.15) is 64.3 Å². The summed E-state index contributed by atoms with van der Waals surface area (Å²) in [6, 6.07) is 35.4. The SMILES string of the molecule is FC(F)(F)c1ccc(C2CCN(N3CCC(c4ccc(Cl)cc4)C(c4ccccc4)C3)CC2c2ccccc2)cc1. The predicted octanol–water partition coefficient (Wildman–Crippen LogP) is 9.12. The third-order valence-electron chi connectivity index (χ3n) is 9.00. The minimum atomic E-state index is -4.33. The average Bonchev–Trinajstić information content (AvgIpc) is 3.01. The molecule has 2 fully saturated rings. The Labute approximate surface area is 245 Å². The van der Waals surface area contributed by atoms with Gasteiger partial charge in [0.1, 0.15) is 0 Å². The van der Waals surface area contributed by atoms with Crippen molar-refractivity contribution >= 4 is 11.6 Å². The van der Waals surface area contributed by atoms with Gasteiger partial charge in [-0.15, -0.1) is 0 Å². The first-order valence-electron chi connectivity index (χ1n) is 14.4. The summed E-state index contributed by atoms with van der Waals surface area (Å²) in [5, 5.41) is 5.79. The molecule has 41 heavy (non-hydrogen) atoms. The standard InChI is InChI=1S/C35H34ClF3N2/c36-30-17-13-28(14-18-30)32-20-22-41(24-34(32)26-9-5-2-6-10-26)40-21-19-31(33(23-40)25-7-3-1-4-8-25)27-11-15-29(16-12-27)35(37,38)39/h1-18,31-34H,19-24H2. The first-order chi connectivity index (χ1) is 19.9. The molecule has 4 unspecified atom stereocenters. The van der Waals surface area contributed by atoms with Gasteiger partial charge in [-0.3, -0.25) is 0 Å². The quantitative estimate of drug-likeness (QED) is 0.234. The molecule has 212 valence electrons. The minimum absolute atomic E-state index is 0.160. The van der Waals surface area contributed by atoms with Crippen molar-refractivity contribution in [2.75, 3.05) is 26.2 Å². The van der Waals surface area contributed by atoms with E-state index in [-0.39, 0.29) is 11.8 Å². The maximum atomic E-state index is 13.3. The van der Waals surface area contributed by atoms with Crippen LogP contribution in [0.3, 0.4) is 0 Å². The Morgan fingerprint density at radius 2 is 0.902 bits per heavy atom. The summed E-state index contributed by atoms with van der Waals surface area (Å²) in [6.07, 6.45) is -2.40. The van der Waals surface area contributed by atoms with Crippen LogP contribution in [0.4, 0.5) is 13.2 Å². The van der Waals surface area contributed by atoms with Gasteiger partial charge in [0.05, 0.1) is 5.56 Å². The zero-order valence-corrected chi connectivity index (χ0v) is 23.6. The highest BCUT2D eigenvalue weighted by Crippen LogP contribution is 2.44. The van der Waals surface area contributed by atoms with Crippen molar-refractivity contribution in [2.24, 2.45) is 0 Å². The Hall–Kier alpha value is -3.12. The molecule has 0 aromatic heterocycles. The second kappa shape index (κ2) is 12.0. The third kappa shape index (κ3) is 6.23. The van der Waals surface area contributed by atoms with Crippen molar-refractivity contribution in [3.63, 3.8) is 0 Å². The molecule has 4 aromatic rings. The fourth-order valence-electron chi connectivity index (χ4n) is 6.89. The van der Waals surface area contributed by atoms with Crippen molar-refractivity contribution in [3.8, 4) is 0 Å². The molecule has 6 rings (SSSR count). The van der Waals surface area contributed by atoms with Crippen LogP contribution < -0.4 is 0 Å². The normalized spacial score (nSPS) is 24.3. The molecule has 2 aliphatic rings. The second-order valence-electron chi connectivity index (χ2n) is 11.3. The van der Waals surface area contributed by atoms with Gasteiger partial charge < -0.3 is 0 Å². The molecule has 0 N–H and O–H groups in total. The maximum absolute atomic E-state index is 13.3. The van der Waals surface area contributed by atoms with E-state index in [0.29, 0.717) is 11.8 Å². The lowest BCUT2D eigenvalue weighted by Crippen LogP contribution is -2.53. The first-order valence-corrected chi connectivity index (χ1v) is 14.8. The highest BCUT2D eigenvalue weighted by atomic mass is 35.5. The Balaban J connectivity index is 1.26. The number of hydrazine groups is 1. The molecule has 4 atom stereocenters. The summed E-state index contributed by atoms with van der Waals surface area (Å²) in [6.45, 7) is 3.60. The zero-order chi connectivity index (χ0) is 28.4. The number of benzene rings is 4. The van der Waals surface area contributed by atoms with Gasteiger partial charge in [-0.05, 0) is 71.2 Å². The minimum Gasteiger partial charge on any atom is -0.241 e. The molecular weight excluding hydrogens is 541 g/mol. The van der Waals surface area contributed by atoms with Gasteiger partial charge in [-0.2, -0.15) is 13.2 Å². The molecule has 6 heteroatoms. The van der Waals surface area contributed by atoms with Crippen LogP contribution in [0.5, 0.6) is 0 Å². The molecule has 0 amide bonds. The van der Waals surface area contributed by atoms with Gasteiger partial charge in [0.25, 0.3) is 0 Å². The second-order valence-corrected chi connectivity index (χ2v) is 11.8. The number of nitrogens with zero attached hydrogens (tertiary/aromatic N) is 2. The van der Waals surface area contributed by atoms with Gasteiger partial charge >= 0.3 is 6.18 Å². The Morgan fingerprint density at radius 3 is 1.32 bits per heavy atom. The number of rotatable bonds is 5. The lowest BCUT2D eigenvalue weighted by Gasteiger charge is -2.48. The lowest BCUT2D eigenvalue weighted by molar-refractivity contribution is -0.137. The molecule has 2 nitrogen and oxygen atoms in total. The van der Waals surface area contributed by atoms with Gasteiger partial charge in [0, 0.05) is 43.0 Å². The fourth-order valence-corrected chi connectivity index (χ4v) is 7.01. The number of hydrogen-bond acceptors (Lipinski definition) is 2. The summed E-state index contributed by atoms with van der Waals surface area (Å²) in [4.78, 5) is 0. The molecule has 2 saturated heterocycles. The van der Waals surface area contributed by atoms with Crippen LogP contribution in [-0.2, 0) is 6.18 Å². The monoisotopic (exact) mass is 574 g/mol. The molecule has 0 saturated carbocycles. The molecule has 0 bridgehead atoms. The smallest absolute Gasteiger partial charge is 0.241 e. The molecule has 2 aliphatic heterocycles. The van der Waals surface area contributed by atoms with E-state index in [2.05, 4.69) is 76.7 Å². The topological polar surface area (TPSA) is 6.48 Å². The Morgan fingerprint density at radius 1 is 0.512 bits per heavy atom. The number of alkyl halides is 3. The summed E-state index contributed by atoms with van der Waals surface area (Å²) in [5.41, 5.74) is 4.29. The molecule has 0 aliphatic carbocycles. The fraction of sp³-hybridized carbons (Fsp3) is 0.314. The number of hydrogen-bond donors (Lipinski definition) is 0. The Kier molecular flexibility index (Phi) is 8.21. The largest absolute Gasteiger partial charge is 0.416 e.